The van der Waals surface area contributed by atoms with Crippen molar-refractivity contribution in [2.75, 3.05) is 19.6 Å². The van der Waals surface area contributed by atoms with Crippen LogP contribution in [-0.4, -0.2) is 50.0 Å². The van der Waals surface area contributed by atoms with Gasteiger partial charge in [0, 0.05) is 24.1 Å². The molecule has 9 nitrogen and oxygen atoms in total. The van der Waals surface area contributed by atoms with Crippen LogP contribution in [0, 0.1) is 0 Å². The second kappa shape index (κ2) is 6.54. The first-order chi connectivity index (χ1) is 12.8. The van der Waals surface area contributed by atoms with Crippen molar-refractivity contribution in [1.29, 1.82) is 0 Å². The Labute approximate surface area is 156 Å². The zero-order valence-electron chi connectivity index (χ0n) is 14.9. The Balaban J connectivity index is 1.58. The van der Waals surface area contributed by atoms with Crippen LogP contribution in [0.2, 0.25) is 0 Å². The molecule has 0 bridgehead atoms. The fourth-order valence-corrected chi connectivity index (χ4v) is 4.06. The summed E-state index contributed by atoms with van der Waals surface area (Å²) in [5.74, 6) is 1.76. The number of fused-ring (bicyclic) bond motifs is 2. The van der Waals surface area contributed by atoms with Gasteiger partial charge in [-0.05, 0) is 25.1 Å². The molecule has 3 heterocycles. The molecule has 2 aromatic rings. The minimum Gasteiger partial charge on any atom is -0.454 e. The molecular weight excluding hydrogens is 374 g/mol. The fraction of sp³-hybridized carbons (Fsp3) is 0.412. The summed E-state index contributed by atoms with van der Waals surface area (Å²) < 4.78 is 41.3. The third-order valence-corrected chi connectivity index (χ3v) is 5.33. The zero-order chi connectivity index (χ0) is 19.2. The molecule has 0 unspecified atom stereocenters. The molecule has 0 aliphatic carbocycles. The smallest absolute Gasteiger partial charge is 0.240 e. The Morgan fingerprint density at radius 1 is 1.30 bits per heavy atom. The van der Waals surface area contributed by atoms with Gasteiger partial charge >= 0.3 is 0 Å². The van der Waals surface area contributed by atoms with Crippen molar-refractivity contribution >= 4 is 15.9 Å². The lowest BCUT2D eigenvalue weighted by Crippen LogP contribution is -2.48. The summed E-state index contributed by atoms with van der Waals surface area (Å²) in [5, 5.41) is 4.17. The van der Waals surface area contributed by atoms with E-state index in [0.717, 1.165) is 23.1 Å². The van der Waals surface area contributed by atoms with E-state index in [2.05, 4.69) is 9.88 Å². The van der Waals surface area contributed by atoms with E-state index in [1.54, 1.807) is 4.90 Å². The normalized spacial score (nSPS) is 16.9. The summed E-state index contributed by atoms with van der Waals surface area (Å²) in [6.07, 6.45) is 1.55. The van der Waals surface area contributed by atoms with E-state index in [9.17, 15) is 13.2 Å². The third-order valence-electron chi connectivity index (χ3n) is 4.55. The van der Waals surface area contributed by atoms with Crippen LogP contribution >= 0.6 is 0 Å². The molecule has 1 N–H and O–H groups in total. The highest BCUT2D eigenvalue weighted by molar-refractivity contribution is 7.88. The molecule has 10 heteroatoms. The molecule has 2 aliphatic rings. The fourth-order valence-electron chi connectivity index (χ4n) is 3.31. The summed E-state index contributed by atoms with van der Waals surface area (Å²) >= 11 is 0. The lowest BCUT2D eigenvalue weighted by molar-refractivity contribution is -0.133. The van der Waals surface area contributed by atoms with Crippen molar-refractivity contribution in [3.05, 3.63) is 29.5 Å². The van der Waals surface area contributed by atoms with E-state index in [0.29, 0.717) is 36.7 Å². The second-order valence-electron chi connectivity index (χ2n) is 6.62. The number of carbonyl (C=O) groups is 1. The van der Waals surface area contributed by atoms with Crippen LogP contribution in [0.1, 0.15) is 18.2 Å². The predicted molar refractivity (Wildman–Crippen MR) is 94.6 cm³/mol. The number of sulfonamides is 1. The molecule has 144 valence electrons. The highest BCUT2D eigenvalue weighted by atomic mass is 32.2. The van der Waals surface area contributed by atoms with E-state index in [1.165, 1.54) is 6.92 Å². The van der Waals surface area contributed by atoms with Crippen molar-refractivity contribution in [2.45, 2.75) is 25.9 Å². The van der Waals surface area contributed by atoms with Crippen LogP contribution in [0.3, 0.4) is 0 Å². The topological polar surface area (TPSA) is 111 Å². The van der Waals surface area contributed by atoms with E-state index < -0.39 is 16.1 Å². The molecule has 0 saturated carbocycles. The molecular formula is C17H19N3O6S. The Hall–Kier alpha value is -2.59. The number of nitrogens with zero attached hydrogens (tertiary/aromatic N) is 2. The van der Waals surface area contributed by atoms with Gasteiger partial charge in [-0.2, -0.15) is 0 Å². The number of aromatic nitrogens is 1. The van der Waals surface area contributed by atoms with Gasteiger partial charge in [0.25, 0.3) is 0 Å². The molecule has 0 fully saturated rings. The summed E-state index contributed by atoms with van der Waals surface area (Å²) in [4.78, 5) is 14.2. The van der Waals surface area contributed by atoms with Crippen molar-refractivity contribution in [2.24, 2.45) is 0 Å². The van der Waals surface area contributed by atoms with Crippen LogP contribution in [0.25, 0.3) is 11.3 Å². The van der Waals surface area contributed by atoms with Crippen molar-refractivity contribution in [1.82, 2.24) is 14.8 Å². The maximum Gasteiger partial charge on any atom is 0.240 e. The molecule has 0 saturated heterocycles. The molecule has 0 radical (unpaired) electrons. The Bertz CT molecular complexity index is 1000. The van der Waals surface area contributed by atoms with Crippen LogP contribution in [0.15, 0.2) is 22.7 Å². The van der Waals surface area contributed by atoms with Crippen LogP contribution in [0.5, 0.6) is 11.5 Å². The molecule has 4 rings (SSSR count). The molecule has 2 aliphatic heterocycles. The SMILES string of the molecule is C[C@H](NS(C)(=O)=O)C(=O)N1CCc2onc(-c3ccc4c(c3)OCO4)c2C1. The molecule has 27 heavy (non-hydrogen) atoms. The average molecular weight is 393 g/mol. The van der Waals surface area contributed by atoms with Gasteiger partial charge in [0.1, 0.15) is 11.5 Å². The van der Waals surface area contributed by atoms with Gasteiger partial charge in [-0.25, -0.2) is 13.1 Å². The number of ether oxygens (including phenoxy) is 2. The summed E-state index contributed by atoms with van der Waals surface area (Å²) in [6.45, 7) is 2.46. The number of benzene rings is 1. The molecule has 1 atom stereocenters. The minimum absolute atomic E-state index is 0.184. The van der Waals surface area contributed by atoms with E-state index >= 15 is 0 Å². The molecule has 1 aromatic carbocycles. The first-order valence-corrected chi connectivity index (χ1v) is 10.3. The van der Waals surface area contributed by atoms with Gasteiger partial charge in [0.2, 0.25) is 22.7 Å². The van der Waals surface area contributed by atoms with Gasteiger partial charge in [-0.15, -0.1) is 0 Å². The predicted octanol–water partition coefficient (Wildman–Crippen LogP) is 0.893. The quantitative estimate of drug-likeness (QED) is 0.821. The zero-order valence-corrected chi connectivity index (χ0v) is 15.7. The average Bonchev–Trinajstić information content (AvgIpc) is 3.24. The molecule has 1 amide bonds. The summed E-state index contributed by atoms with van der Waals surface area (Å²) in [5.41, 5.74) is 2.27. The van der Waals surface area contributed by atoms with Gasteiger partial charge in [0.05, 0.1) is 18.8 Å². The maximum atomic E-state index is 12.6. The highest BCUT2D eigenvalue weighted by Crippen LogP contribution is 2.38. The summed E-state index contributed by atoms with van der Waals surface area (Å²) in [6, 6.07) is 4.66. The number of nitrogens with one attached hydrogen (secondary N) is 1. The molecule has 0 spiro atoms. The monoisotopic (exact) mass is 393 g/mol. The second-order valence-corrected chi connectivity index (χ2v) is 8.40. The number of rotatable bonds is 4. The minimum atomic E-state index is -3.47. The Kier molecular flexibility index (Phi) is 4.31. The van der Waals surface area contributed by atoms with Crippen LogP contribution in [0.4, 0.5) is 0 Å². The maximum absolute atomic E-state index is 12.6. The number of hydrogen-bond donors (Lipinski definition) is 1. The third kappa shape index (κ3) is 3.50. The lowest BCUT2D eigenvalue weighted by atomic mass is 10.0. The van der Waals surface area contributed by atoms with Crippen LogP contribution in [-0.2, 0) is 27.8 Å². The van der Waals surface area contributed by atoms with Crippen molar-refractivity contribution in [3.8, 4) is 22.8 Å². The standard InChI is InChI=1S/C17H19N3O6S/c1-10(19-27(2,22)23)17(21)20-6-5-13-12(8-20)16(18-26-13)11-3-4-14-15(7-11)25-9-24-14/h3-4,7,10,19H,5-6,8-9H2,1-2H3/t10-/m0/s1. The first-order valence-electron chi connectivity index (χ1n) is 8.45. The van der Waals surface area contributed by atoms with Gasteiger partial charge in [-0.1, -0.05) is 5.16 Å². The van der Waals surface area contributed by atoms with Crippen LogP contribution < -0.4 is 14.2 Å². The lowest BCUT2D eigenvalue weighted by Gasteiger charge is -2.28. The summed E-state index contributed by atoms with van der Waals surface area (Å²) in [7, 11) is -3.47. The van der Waals surface area contributed by atoms with Gasteiger partial charge in [0.15, 0.2) is 11.5 Å². The van der Waals surface area contributed by atoms with E-state index in [4.69, 9.17) is 14.0 Å². The Morgan fingerprint density at radius 2 is 2.07 bits per heavy atom. The van der Waals surface area contributed by atoms with E-state index in [1.807, 2.05) is 18.2 Å². The first kappa shape index (κ1) is 17.8. The van der Waals surface area contributed by atoms with Gasteiger partial charge < -0.3 is 18.9 Å². The van der Waals surface area contributed by atoms with Crippen molar-refractivity contribution < 1.29 is 27.2 Å². The number of hydrogen-bond acceptors (Lipinski definition) is 7. The Morgan fingerprint density at radius 3 is 2.85 bits per heavy atom. The largest absolute Gasteiger partial charge is 0.454 e. The number of carbonyl (C=O) groups excluding carboxylic acids is 1. The van der Waals surface area contributed by atoms with E-state index in [-0.39, 0.29) is 12.7 Å². The van der Waals surface area contributed by atoms with Crippen molar-refractivity contribution in [3.63, 3.8) is 0 Å². The number of amides is 1. The van der Waals surface area contributed by atoms with Gasteiger partial charge in [-0.3, -0.25) is 4.79 Å². The molecule has 1 aromatic heterocycles. The highest BCUT2D eigenvalue weighted by Gasteiger charge is 2.31.